The summed E-state index contributed by atoms with van der Waals surface area (Å²) in [5.41, 5.74) is 1.40. The van der Waals surface area contributed by atoms with Crippen LogP contribution in [0.15, 0.2) is 24.3 Å². The minimum absolute atomic E-state index is 0.577. The lowest BCUT2D eigenvalue weighted by molar-refractivity contribution is 0.271. The molecule has 1 saturated heterocycles. The summed E-state index contributed by atoms with van der Waals surface area (Å²) in [6, 6.07) is 8.57. The molecule has 1 aliphatic rings. The van der Waals surface area contributed by atoms with Gasteiger partial charge in [-0.05, 0) is 23.6 Å². The van der Waals surface area contributed by atoms with Gasteiger partial charge in [0.25, 0.3) is 0 Å². The van der Waals surface area contributed by atoms with E-state index in [-0.39, 0.29) is 0 Å². The van der Waals surface area contributed by atoms with Gasteiger partial charge in [0, 0.05) is 24.1 Å². The highest BCUT2D eigenvalue weighted by Crippen LogP contribution is 2.30. The third kappa shape index (κ3) is 3.93. The van der Waals surface area contributed by atoms with Crippen LogP contribution in [0.3, 0.4) is 0 Å². The Morgan fingerprint density at radius 1 is 1.35 bits per heavy atom. The van der Waals surface area contributed by atoms with E-state index in [4.69, 9.17) is 4.74 Å². The summed E-state index contributed by atoms with van der Waals surface area (Å²) in [5, 5.41) is 4.04. The quantitative estimate of drug-likeness (QED) is 0.888. The van der Waals surface area contributed by atoms with Crippen LogP contribution in [0.1, 0.15) is 24.7 Å². The van der Waals surface area contributed by atoms with Gasteiger partial charge in [0.2, 0.25) is 0 Å². The van der Waals surface area contributed by atoms with Gasteiger partial charge in [0.05, 0.1) is 6.61 Å². The van der Waals surface area contributed by atoms with Crippen LogP contribution in [0.2, 0.25) is 0 Å². The van der Waals surface area contributed by atoms with Crippen molar-refractivity contribution in [3.8, 4) is 5.75 Å². The zero-order valence-corrected chi connectivity index (χ0v) is 11.4. The standard InChI is InChI=1S/C14H21NOS/c1-11(2)10-16-13-5-3-12(4-6-13)14-9-15-7-8-17-14/h3-6,11,14-15H,7-10H2,1-2H3. The Hall–Kier alpha value is -0.670. The van der Waals surface area contributed by atoms with Gasteiger partial charge in [-0.1, -0.05) is 26.0 Å². The van der Waals surface area contributed by atoms with Crippen LogP contribution in [0, 0.1) is 5.92 Å². The number of ether oxygens (including phenoxy) is 1. The van der Waals surface area contributed by atoms with Gasteiger partial charge in [-0.2, -0.15) is 11.8 Å². The minimum atomic E-state index is 0.577. The lowest BCUT2D eigenvalue weighted by Gasteiger charge is -2.22. The van der Waals surface area contributed by atoms with Crippen LogP contribution in [0.4, 0.5) is 0 Å². The fourth-order valence-electron chi connectivity index (χ4n) is 1.82. The SMILES string of the molecule is CC(C)COc1ccc(C2CNCCS2)cc1. The highest BCUT2D eigenvalue weighted by molar-refractivity contribution is 7.99. The molecule has 1 fully saturated rings. The van der Waals surface area contributed by atoms with Crippen molar-refractivity contribution in [2.75, 3.05) is 25.4 Å². The molecule has 1 atom stereocenters. The summed E-state index contributed by atoms with van der Waals surface area (Å²) in [6.07, 6.45) is 0. The second kappa shape index (κ2) is 6.31. The van der Waals surface area contributed by atoms with Gasteiger partial charge in [-0.15, -0.1) is 0 Å². The van der Waals surface area contributed by atoms with E-state index in [1.54, 1.807) is 0 Å². The normalized spacial score (nSPS) is 20.5. The van der Waals surface area contributed by atoms with Gasteiger partial charge < -0.3 is 10.1 Å². The highest BCUT2D eigenvalue weighted by atomic mass is 32.2. The minimum Gasteiger partial charge on any atom is -0.493 e. The Labute approximate surface area is 108 Å². The molecule has 1 aromatic rings. The average molecular weight is 251 g/mol. The number of nitrogens with one attached hydrogen (secondary N) is 1. The molecule has 1 heterocycles. The second-order valence-corrected chi connectivity index (χ2v) is 6.15. The Kier molecular flexibility index (Phi) is 4.75. The maximum Gasteiger partial charge on any atom is 0.119 e. The van der Waals surface area contributed by atoms with E-state index in [1.807, 2.05) is 11.8 Å². The molecule has 17 heavy (non-hydrogen) atoms. The molecule has 3 heteroatoms. The number of thioether (sulfide) groups is 1. The van der Waals surface area contributed by atoms with Crippen molar-refractivity contribution in [1.82, 2.24) is 5.32 Å². The maximum absolute atomic E-state index is 5.69. The summed E-state index contributed by atoms with van der Waals surface area (Å²) in [6.45, 7) is 7.34. The maximum atomic E-state index is 5.69. The van der Waals surface area contributed by atoms with Gasteiger partial charge in [0.1, 0.15) is 5.75 Å². The molecule has 0 aliphatic carbocycles. The molecule has 0 aromatic heterocycles. The van der Waals surface area contributed by atoms with Gasteiger partial charge >= 0.3 is 0 Å². The zero-order chi connectivity index (χ0) is 12.1. The summed E-state index contributed by atoms with van der Waals surface area (Å²) < 4.78 is 5.69. The molecule has 1 aromatic carbocycles. The predicted molar refractivity (Wildman–Crippen MR) is 74.8 cm³/mol. The predicted octanol–water partition coefficient (Wildman–Crippen LogP) is 3.10. The van der Waals surface area contributed by atoms with Crippen molar-refractivity contribution in [2.24, 2.45) is 5.92 Å². The molecule has 0 saturated carbocycles. The van der Waals surface area contributed by atoms with Gasteiger partial charge in [0.15, 0.2) is 0 Å². The van der Waals surface area contributed by atoms with E-state index < -0.39 is 0 Å². The monoisotopic (exact) mass is 251 g/mol. The summed E-state index contributed by atoms with van der Waals surface area (Å²) in [4.78, 5) is 0. The number of hydrogen-bond acceptors (Lipinski definition) is 3. The molecule has 0 spiro atoms. The average Bonchev–Trinajstić information content (AvgIpc) is 2.38. The molecule has 0 radical (unpaired) electrons. The number of rotatable bonds is 4. The van der Waals surface area contributed by atoms with E-state index in [0.29, 0.717) is 11.2 Å². The lowest BCUT2D eigenvalue weighted by Crippen LogP contribution is -2.28. The zero-order valence-electron chi connectivity index (χ0n) is 10.6. The molecule has 1 unspecified atom stereocenters. The first-order valence-corrected chi connectivity index (χ1v) is 7.35. The van der Waals surface area contributed by atoms with Crippen LogP contribution < -0.4 is 10.1 Å². The van der Waals surface area contributed by atoms with Crippen molar-refractivity contribution in [3.05, 3.63) is 29.8 Å². The fourth-order valence-corrected chi connectivity index (χ4v) is 2.95. The topological polar surface area (TPSA) is 21.3 Å². The molecule has 0 amide bonds. The molecule has 1 aliphatic heterocycles. The van der Waals surface area contributed by atoms with Crippen molar-refractivity contribution in [1.29, 1.82) is 0 Å². The Bertz CT molecular complexity index is 331. The van der Waals surface area contributed by atoms with E-state index in [0.717, 1.165) is 25.4 Å². The number of benzene rings is 1. The molecule has 2 nitrogen and oxygen atoms in total. The Morgan fingerprint density at radius 2 is 2.12 bits per heavy atom. The Morgan fingerprint density at radius 3 is 2.71 bits per heavy atom. The smallest absolute Gasteiger partial charge is 0.119 e. The van der Waals surface area contributed by atoms with Crippen molar-refractivity contribution >= 4 is 11.8 Å². The third-order valence-corrected chi connectivity index (χ3v) is 4.04. The molecule has 1 N–H and O–H groups in total. The van der Waals surface area contributed by atoms with Crippen LogP contribution in [-0.2, 0) is 0 Å². The first-order chi connectivity index (χ1) is 8.25. The van der Waals surface area contributed by atoms with E-state index >= 15 is 0 Å². The van der Waals surface area contributed by atoms with E-state index in [1.165, 1.54) is 11.3 Å². The highest BCUT2D eigenvalue weighted by Gasteiger charge is 2.15. The fraction of sp³-hybridized carbons (Fsp3) is 0.571. The summed E-state index contributed by atoms with van der Waals surface area (Å²) >= 11 is 2.04. The largest absolute Gasteiger partial charge is 0.493 e. The van der Waals surface area contributed by atoms with Gasteiger partial charge in [-0.3, -0.25) is 0 Å². The van der Waals surface area contributed by atoms with Crippen LogP contribution in [-0.4, -0.2) is 25.4 Å². The van der Waals surface area contributed by atoms with Crippen LogP contribution in [0.5, 0.6) is 5.75 Å². The lowest BCUT2D eigenvalue weighted by atomic mass is 10.1. The van der Waals surface area contributed by atoms with Crippen molar-refractivity contribution < 1.29 is 4.74 Å². The molecule has 0 bridgehead atoms. The third-order valence-electron chi connectivity index (χ3n) is 2.76. The summed E-state index contributed by atoms with van der Waals surface area (Å²) in [5.74, 6) is 2.76. The molecular formula is C14H21NOS. The van der Waals surface area contributed by atoms with Crippen molar-refractivity contribution in [3.63, 3.8) is 0 Å². The van der Waals surface area contributed by atoms with E-state index in [2.05, 4.69) is 43.4 Å². The first-order valence-electron chi connectivity index (χ1n) is 6.31. The summed E-state index contributed by atoms with van der Waals surface area (Å²) in [7, 11) is 0. The van der Waals surface area contributed by atoms with Crippen LogP contribution in [0.25, 0.3) is 0 Å². The number of hydrogen-bond donors (Lipinski definition) is 1. The molecular weight excluding hydrogens is 230 g/mol. The van der Waals surface area contributed by atoms with Crippen LogP contribution >= 0.6 is 11.8 Å². The molecule has 94 valence electrons. The van der Waals surface area contributed by atoms with Gasteiger partial charge in [-0.25, -0.2) is 0 Å². The van der Waals surface area contributed by atoms with Crippen molar-refractivity contribution in [2.45, 2.75) is 19.1 Å². The molecule has 2 rings (SSSR count). The first kappa shape index (κ1) is 12.8. The Balaban J connectivity index is 1.92. The second-order valence-electron chi connectivity index (χ2n) is 4.84. The van der Waals surface area contributed by atoms with E-state index in [9.17, 15) is 0 Å².